The molecular formula is C26H22ClN5O4S. The fraction of sp³-hybridized carbons (Fsp3) is 0.192. The summed E-state index contributed by atoms with van der Waals surface area (Å²) < 4.78 is 5.82. The first-order chi connectivity index (χ1) is 17.9. The van der Waals surface area contributed by atoms with Crippen molar-refractivity contribution in [2.75, 3.05) is 23.3 Å². The molecule has 1 fully saturated rings. The smallest absolute Gasteiger partial charge is 0.293 e. The van der Waals surface area contributed by atoms with Crippen LogP contribution in [0, 0.1) is 10.1 Å². The summed E-state index contributed by atoms with van der Waals surface area (Å²) in [5.74, 6) is -0.155. The van der Waals surface area contributed by atoms with Gasteiger partial charge in [0, 0.05) is 30.4 Å². The van der Waals surface area contributed by atoms with E-state index in [4.69, 9.17) is 28.2 Å². The van der Waals surface area contributed by atoms with Crippen molar-refractivity contribution < 1.29 is 14.1 Å². The van der Waals surface area contributed by atoms with E-state index < -0.39 is 10.8 Å². The highest BCUT2D eigenvalue weighted by Gasteiger charge is 2.23. The van der Waals surface area contributed by atoms with Gasteiger partial charge in [0.05, 0.1) is 15.5 Å². The molecule has 1 aromatic heterocycles. The number of carbonyl (C=O) groups excluding carboxylic acids is 1. The van der Waals surface area contributed by atoms with E-state index in [1.165, 1.54) is 6.07 Å². The van der Waals surface area contributed by atoms with Crippen molar-refractivity contribution >= 4 is 63.0 Å². The Labute approximate surface area is 222 Å². The van der Waals surface area contributed by atoms with Crippen molar-refractivity contribution in [3.05, 3.63) is 81.4 Å². The highest BCUT2D eigenvalue weighted by molar-refractivity contribution is 7.80. The Balaban J connectivity index is 1.29. The monoisotopic (exact) mass is 535 g/mol. The van der Waals surface area contributed by atoms with Crippen molar-refractivity contribution in [2.24, 2.45) is 0 Å². The summed E-state index contributed by atoms with van der Waals surface area (Å²) in [5.41, 5.74) is 2.99. The molecule has 0 unspecified atom stereocenters. The fourth-order valence-corrected chi connectivity index (χ4v) is 4.73. The molecule has 0 atom stereocenters. The molecule has 1 aliphatic rings. The van der Waals surface area contributed by atoms with E-state index in [1.54, 1.807) is 36.4 Å². The second kappa shape index (κ2) is 10.5. The third kappa shape index (κ3) is 5.40. The molecule has 188 valence electrons. The van der Waals surface area contributed by atoms with Crippen molar-refractivity contribution in [3.63, 3.8) is 0 Å². The summed E-state index contributed by atoms with van der Waals surface area (Å²) in [5, 5.41) is 17.8. The van der Waals surface area contributed by atoms with Gasteiger partial charge in [-0.3, -0.25) is 20.2 Å². The lowest BCUT2D eigenvalue weighted by Gasteiger charge is -2.28. The summed E-state index contributed by atoms with van der Waals surface area (Å²) in [6.07, 6.45) is 3.09. The first kappa shape index (κ1) is 24.7. The van der Waals surface area contributed by atoms with Crippen molar-refractivity contribution in [3.8, 4) is 11.5 Å². The average Bonchev–Trinajstić information content (AvgIpc) is 3.32. The predicted molar refractivity (Wildman–Crippen MR) is 147 cm³/mol. The van der Waals surface area contributed by atoms with E-state index in [-0.39, 0.29) is 16.4 Å². The molecule has 4 aromatic rings. The van der Waals surface area contributed by atoms with Crippen LogP contribution in [0.5, 0.6) is 0 Å². The number of halogens is 1. The van der Waals surface area contributed by atoms with E-state index in [1.807, 2.05) is 23.1 Å². The van der Waals surface area contributed by atoms with Crippen LogP contribution in [0.3, 0.4) is 0 Å². The van der Waals surface area contributed by atoms with Crippen LogP contribution in [0.1, 0.15) is 29.6 Å². The molecule has 2 N–H and O–H groups in total. The van der Waals surface area contributed by atoms with Crippen LogP contribution in [0.25, 0.3) is 22.6 Å². The Morgan fingerprint density at radius 2 is 1.86 bits per heavy atom. The average molecular weight is 536 g/mol. The van der Waals surface area contributed by atoms with Crippen LogP contribution in [-0.4, -0.2) is 34.0 Å². The summed E-state index contributed by atoms with van der Waals surface area (Å²) in [4.78, 5) is 30.5. The maximum absolute atomic E-state index is 12.8. The Hall–Kier alpha value is -4.02. The number of anilines is 2. The van der Waals surface area contributed by atoms with Crippen LogP contribution in [-0.2, 0) is 0 Å². The van der Waals surface area contributed by atoms with Gasteiger partial charge in [-0.15, -0.1) is 0 Å². The van der Waals surface area contributed by atoms with Crippen LogP contribution in [0.4, 0.5) is 17.1 Å². The highest BCUT2D eigenvalue weighted by Crippen LogP contribution is 2.32. The molecule has 11 heteroatoms. The molecule has 0 bridgehead atoms. The molecule has 1 aliphatic heterocycles. The van der Waals surface area contributed by atoms with Crippen LogP contribution < -0.4 is 15.5 Å². The number of rotatable bonds is 5. The van der Waals surface area contributed by atoms with Gasteiger partial charge >= 0.3 is 0 Å². The quantitative estimate of drug-likeness (QED) is 0.177. The van der Waals surface area contributed by atoms with Gasteiger partial charge in [-0.25, -0.2) is 4.98 Å². The molecule has 0 aliphatic carbocycles. The van der Waals surface area contributed by atoms with E-state index in [0.29, 0.717) is 39.0 Å². The van der Waals surface area contributed by atoms with Crippen molar-refractivity contribution in [2.45, 2.75) is 19.3 Å². The van der Waals surface area contributed by atoms with Crippen LogP contribution in [0.15, 0.2) is 65.1 Å². The number of fused-ring (bicyclic) bond motifs is 1. The third-order valence-electron chi connectivity index (χ3n) is 6.11. The minimum absolute atomic E-state index is 0.0435. The van der Waals surface area contributed by atoms with E-state index in [0.717, 1.165) is 32.4 Å². The van der Waals surface area contributed by atoms with Gasteiger partial charge in [0.15, 0.2) is 10.7 Å². The lowest BCUT2D eigenvalue weighted by molar-refractivity contribution is -0.384. The molecular weight excluding hydrogens is 514 g/mol. The maximum Gasteiger partial charge on any atom is 0.293 e. The number of benzene rings is 3. The Morgan fingerprint density at radius 3 is 2.62 bits per heavy atom. The minimum Gasteiger partial charge on any atom is -0.436 e. The highest BCUT2D eigenvalue weighted by atomic mass is 35.5. The Morgan fingerprint density at radius 1 is 1.08 bits per heavy atom. The molecule has 9 nitrogen and oxygen atoms in total. The molecule has 2 heterocycles. The first-order valence-corrected chi connectivity index (χ1v) is 12.5. The number of nitro benzene ring substituents is 1. The summed E-state index contributed by atoms with van der Waals surface area (Å²) in [6.45, 7) is 1.52. The van der Waals surface area contributed by atoms with Crippen LogP contribution >= 0.6 is 23.8 Å². The number of nitro groups is 1. The maximum atomic E-state index is 12.8. The van der Waals surface area contributed by atoms with E-state index in [9.17, 15) is 14.9 Å². The Kier molecular flexibility index (Phi) is 7.02. The number of nitrogens with one attached hydrogen (secondary N) is 2. The normalized spacial score (nSPS) is 13.4. The first-order valence-electron chi connectivity index (χ1n) is 11.7. The standard InChI is InChI=1S/C26H22ClN5O4S/c27-19-7-3-2-6-18(19)25-29-20-15-17(9-11-23(20)36-25)28-26(37)30-24(33)16-8-10-21(22(14-16)32(34)35)31-12-4-1-5-13-31/h2-3,6-11,14-15H,1,4-5,12-13H2,(H2,28,30,33,37). The number of carbonyl (C=O) groups is 1. The van der Waals surface area contributed by atoms with E-state index >= 15 is 0 Å². The summed E-state index contributed by atoms with van der Waals surface area (Å²) >= 11 is 11.6. The van der Waals surface area contributed by atoms with Gasteiger partial charge in [0.25, 0.3) is 11.6 Å². The molecule has 3 aromatic carbocycles. The molecule has 1 saturated heterocycles. The second-order valence-corrected chi connectivity index (χ2v) is 9.41. The zero-order chi connectivity index (χ0) is 25.9. The number of hydrogen-bond acceptors (Lipinski definition) is 7. The molecule has 0 saturated carbocycles. The summed E-state index contributed by atoms with van der Waals surface area (Å²) in [7, 11) is 0. The summed E-state index contributed by atoms with van der Waals surface area (Å²) in [6, 6.07) is 17.0. The van der Waals surface area contributed by atoms with Gasteiger partial charge in [0.2, 0.25) is 5.89 Å². The minimum atomic E-state index is -0.547. The van der Waals surface area contributed by atoms with E-state index in [2.05, 4.69) is 15.6 Å². The zero-order valence-electron chi connectivity index (χ0n) is 19.6. The van der Waals surface area contributed by atoms with Gasteiger partial charge < -0.3 is 14.6 Å². The SMILES string of the molecule is O=C(NC(=S)Nc1ccc2oc(-c3ccccc3Cl)nc2c1)c1ccc(N2CCCCC2)c([N+](=O)[O-])c1. The topological polar surface area (TPSA) is 114 Å². The van der Waals surface area contributed by atoms with Gasteiger partial charge in [0.1, 0.15) is 11.2 Å². The number of oxazole rings is 1. The molecule has 5 rings (SSSR count). The second-order valence-electron chi connectivity index (χ2n) is 8.60. The van der Waals surface area contributed by atoms with Crippen LogP contribution in [0.2, 0.25) is 5.02 Å². The molecule has 0 radical (unpaired) electrons. The Bertz CT molecular complexity index is 1520. The lowest BCUT2D eigenvalue weighted by atomic mass is 10.1. The number of piperidine rings is 1. The van der Waals surface area contributed by atoms with Crippen molar-refractivity contribution in [1.29, 1.82) is 0 Å². The number of amides is 1. The third-order valence-corrected chi connectivity index (χ3v) is 6.64. The number of nitrogens with zero attached hydrogens (tertiary/aromatic N) is 3. The van der Waals surface area contributed by atoms with Crippen molar-refractivity contribution in [1.82, 2.24) is 10.3 Å². The fourth-order valence-electron chi connectivity index (χ4n) is 4.31. The molecule has 1 amide bonds. The predicted octanol–water partition coefficient (Wildman–Crippen LogP) is 6.17. The number of hydrogen-bond donors (Lipinski definition) is 2. The number of aromatic nitrogens is 1. The molecule has 37 heavy (non-hydrogen) atoms. The molecule has 0 spiro atoms. The lowest BCUT2D eigenvalue weighted by Crippen LogP contribution is -2.34. The zero-order valence-corrected chi connectivity index (χ0v) is 21.1. The van der Waals surface area contributed by atoms with Gasteiger partial charge in [-0.05, 0) is 73.9 Å². The largest absolute Gasteiger partial charge is 0.436 e. The van der Waals surface area contributed by atoms with Gasteiger partial charge in [-0.2, -0.15) is 0 Å². The number of thiocarbonyl (C=S) groups is 1. The van der Waals surface area contributed by atoms with Gasteiger partial charge in [-0.1, -0.05) is 23.7 Å².